The summed E-state index contributed by atoms with van der Waals surface area (Å²) in [5.41, 5.74) is 2.45. The summed E-state index contributed by atoms with van der Waals surface area (Å²) < 4.78 is 34.4. The number of benzene rings is 1. The number of para-hydroxylation sites is 1. The lowest BCUT2D eigenvalue weighted by atomic mass is 10.2. The van der Waals surface area contributed by atoms with Crippen molar-refractivity contribution >= 4 is 12.1 Å². The lowest BCUT2D eigenvalue weighted by Crippen LogP contribution is -2.13. The Labute approximate surface area is 109 Å². The molecule has 1 rings (SSSR count). The lowest BCUT2D eigenvalue weighted by molar-refractivity contribution is -0.118. The van der Waals surface area contributed by atoms with E-state index in [1.807, 2.05) is 0 Å². The van der Waals surface area contributed by atoms with Gasteiger partial charge in [0.25, 0.3) is 0 Å². The molecule has 0 spiro atoms. The van der Waals surface area contributed by atoms with Crippen molar-refractivity contribution in [1.29, 1.82) is 0 Å². The van der Waals surface area contributed by atoms with Crippen LogP contribution >= 0.6 is 0 Å². The molecular weight excluding hydrogens is 258 g/mol. The number of carbonyl (C=O) groups is 1. The molecule has 0 atom stereocenters. The minimum Gasteiger partial charge on any atom is -0.490 e. The van der Waals surface area contributed by atoms with Gasteiger partial charge in [-0.25, -0.2) is 5.43 Å². The van der Waals surface area contributed by atoms with Crippen LogP contribution in [0.1, 0.15) is 19.4 Å². The molecule has 1 amide bonds. The van der Waals surface area contributed by atoms with Crippen LogP contribution in [-0.2, 0) is 4.79 Å². The van der Waals surface area contributed by atoms with E-state index in [0.29, 0.717) is 6.61 Å². The maximum Gasteiger partial charge on any atom is 0.387 e. The molecule has 0 aliphatic heterocycles. The van der Waals surface area contributed by atoms with Crippen LogP contribution in [0, 0.1) is 0 Å². The highest BCUT2D eigenvalue weighted by molar-refractivity contribution is 5.86. The van der Waals surface area contributed by atoms with Crippen molar-refractivity contribution in [3.63, 3.8) is 0 Å². The van der Waals surface area contributed by atoms with Gasteiger partial charge in [-0.2, -0.15) is 13.9 Å². The monoisotopic (exact) mass is 272 g/mol. The average molecular weight is 272 g/mol. The number of hydrogen-bond acceptors (Lipinski definition) is 4. The van der Waals surface area contributed by atoms with Crippen LogP contribution in [0.4, 0.5) is 8.78 Å². The molecule has 0 saturated heterocycles. The summed E-state index contributed by atoms with van der Waals surface area (Å²) in [4.78, 5) is 10.7. The predicted molar refractivity (Wildman–Crippen MR) is 65.7 cm³/mol. The summed E-state index contributed by atoms with van der Waals surface area (Å²) >= 11 is 0. The number of amides is 1. The van der Waals surface area contributed by atoms with Gasteiger partial charge in [-0.3, -0.25) is 4.79 Å². The molecule has 0 aliphatic carbocycles. The van der Waals surface area contributed by atoms with E-state index in [1.165, 1.54) is 25.3 Å². The van der Waals surface area contributed by atoms with Crippen molar-refractivity contribution in [2.24, 2.45) is 5.10 Å². The van der Waals surface area contributed by atoms with Gasteiger partial charge >= 0.3 is 6.61 Å². The second kappa shape index (κ2) is 7.30. The summed E-state index contributed by atoms with van der Waals surface area (Å²) in [5.74, 6) is -0.295. The van der Waals surface area contributed by atoms with E-state index < -0.39 is 6.61 Å². The highest BCUT2D eigenvalue weighted by Gasteiger charge is 2.14. The third-order valence-corrected chi connectivity index (χ3v) is 1.94. The smallest absolute Gasteiger partial charge is 0.387 e. The summed E-state index contributed by atoms with van der Waals surface area (Å²) in [6, 6.07) is 4.64. The van der Waals surface area contributed by atoms with Gasteiger partial charge in [-0.15, -0.1) is 0 Å². The fourth-order valence-corrected chi connectivity index (χ4v) is 1.31. The van der Waals surface area contributed by atoms with Crippen LogP contribution in [0.15, 0.2) is 23.3 Å². The Morgan fingerprint density at radius 1 is 1.53 bits per heavy atom. The third kappa shape index (κ3) is 4.90. The molecule has 0 fully saturated rings. The maximum atomic E-state index is 12.4. The molecule has 0 heterocycles. The van der Waals surface area contributed by atoms with Crippen molar-refractivity contribution in [1.82, 2.24) is 5.43 Å². The van der Waals surface area contributed by atoms with Gasteiger partial charge in [0.05, 0.1) is 12.8 Å². The number of alkyl halides is 2. The van der Waals surface area contributed by atoms with Gasteiger partial charge in [0, 0.05) is 12.5 Å². The fourth-order valence-electron chi connectivity index (χ4n) is 1.31. The van der Waals surface area contributed by atoms with Gasteiger partial charge < -0.3 is 9.47 Å². The molecular formula is C12H14F2N2O3. The Balaban J connectivity index is 3.03. The van der Waals surface area contributed by atoms with Gasteiger partial charge in [0.2, 0.25) is 5.91 Å². The molecule has 0 bridgehead atoms. The second-order valence-electron chi connectivity index (χ2n) is 3.41. The zero-order valence-corrected chi connectivity index (χ0v) is 10.5. The Morgan fingerprint density at radius 2 is 2.26 bits per heavy atom. The van der Waals surface area contributed by atoms with E-state index in [-0.39, 0.29) is 23.0 Å². The van der Waals surface area contributed by atoms with E-state index in [0.717, 1.165) is 0 Å². The van der Waals surface area contributed by atoms with Crippen LogP contribution in [0.3, 0.4) is 0 Å². The molecule has 1 aromatic rings. The van der Waals surface area contributed by atoms with Gasteiger partial charge in [0.15, 0.2) is 11.5 Å². The topological polar surface area (TPSA) is 59.9 Å². The molecule has 0 saturated carbocycles. The first-order valence-electron chi connectivity index (χ1n) is 5.54. The van der Waals surface area contributed by atoms with Crippen molar-refractivity contribution < 1.29 is 23.0 Å². The largest absolute Gasteiger partial charge is 0.490 e. The van der Waals surface area contributed by atoms with Crippen molar-refractivity contribution in [2.45, 2.75) is 20.5 Å². The van der Waals surface area contributed by atoms with Gasteiger partial charge in [-0.1, -0.05) is 6.07 Å². The second-order valence-corrected chi connectivity index (χ2v) is 3.41. The van der Waals surface area contributed by atoms with E-state index in [9.17, 15) is 13.6 Å². The summed E-state index contributed by atoms with van der Waals surface area (Å²) in [6.07, 6.45) is 1.21. The molecule has 0 unspecified atom stereocenters. The zero-order chi connectivity index (χ0) is 14.3. The van der Waals surface area contributed by atoms with Crippen LogP contribution in [0.2, 0.25) is 0 Å². The molecule has 0 aromatic heterocycles. The maximum absolute atomic E-state index is 12.4. The van der Waals surface area contributed by atoms with Crippen LogP contribution in [0.5, 0.6) is 11.5 Å². The van der Waals surface area contributed by atoms with Crippen molar-refractivity contribution in [3.8, 4) is 11.5 Å². The third-order valence-electron chi connectivity index (χ3n) is 1.94. The number of ether oxygens (including phenoxy) is 2. The Kier molecular flexibility index (Phi) is 5.72. The Hall–Kier alpha value is -2.18. The van der Waals surface area contributed by atoms with Crippen LogP contribution < -0.4 is 14.9 Å². The van der Waals surface area contributed by atoms with Crippen LogP contribution in [0.25, 0.3) is 0 Å². The molecule has 1 N–H and O–H groups in total. The number of nitrogens with zero attached hydrogens (tertiary/aromatic N) is 1. The van der Waals surface area contributed by atoms with E-state index in [1.54, 1.807) is 13.0 Å². The van der Waals surface area contributed by atoms with E-state index >= 15 is 0 Å². The van der Waals surface area contributed by atoms with Gasteiger partial charge in [0.1, 0.15) is 0 Å². The first kappa shape index (κ1) is 14.9. The standard InChI is InChI=1S/C12H14F2N2O3/c1-3-18-10-6-4-5-9(7-15-16-8(2)17)11(10)19-12(13)14/h4-7,12H,3H2,1-2H3,(H,16,17)/b15-7-. The number of halogens is 2. The minimum absolute atomic E-state index is 0.117. The highest BCUT2D eigenvalue weighted by Crippen LogP contribution is 2.31. The molecule has 104 valence electrons. The number of carbonyl (C=O) groups excluding carboxylic acids is 1. The quantitative estimate of drug-likeness (QED) is 0.637. The van der Waals surface area contributed by atoms with E-state index in [2.05, 4.69) is 15.3 Å². The summed E-state index contributed by atoms with van der Waals surface area (Å²) in [6.45, 7) is 0.343. The number of nitrogens with one attached hydrogen (secondary N) is 1. The number of hydrogen-bond donors (Lipinski definition) is 1. The van der Waals surface area contributed by atoms with Crippen molar-refractivity contribution in [2.75, 3.05) is 6.61 Å². The molecule has 7 heteroatoms. The Morgan fingerprint density at radius 3 is 2.84 bits per heavy atom. The van der Waals surface area contributed by atoms with Crippen LogP contribution in [-0.4, -0.2) is 25.3 Å². The van der Waals surface area contributed by atoms with E-state index in [4.69, 9.17) is 4.74 Å². The molecule has 19 heavy (non-hydrogen) atoms. The molecule has 0 radical (unpaired) electrons. The predicted octanol–water partition coefficient (Wildman–Crippen LogP) is 2.16. The number of hydrazone groups is 1. The minimum atomic E-state index is -2.98. The first-order valence-corrected chi connectivity index (χ1v) is 5.54. The van der Waals surface area contributed by atoms with Gasteiger partial charge in [-0.05, 0) is 19.1 Å². The first-order chi connectivity index (χ1) is 9.04. The molecule has 1 aromatic carbocycles. The van der Waals surface area contributed by atoms with Crippen molar-refractivity contribution in [3.05, 3.63) is 23.8 Å². The lowest BCUT2D eigenvalue weighted by Gasteiger charge is -2.13. The highest BCUT2D eigenvalue weighted by atomic mass is 19.3. The zero-order valence-electron chi connectivity index (χ0n) is 10.5. The summed E-state index contributed by atoms with van der Waals surface area (Å²) in [7, 11) is 0. The molecule has 5 nitrogen and oxygen atoms in total. The Bertz CT molecular complexity index is 464. The normalized spacial score (nSPS) is 10.8. The SMILES string of the molecule is CCOc1cccc(/C=N\NC(C)=O)c1OC(F)F. The number of rotatable bonds is 6. The average Bonchev–Trinajstić information content (AvgIpc) is 2.32. The molecule has 0 aliphatic rings. The summed E-state index contributed by atoms with van der Waals surface area (Å²) in [5, 5.41) is 3.61. The fraction of sp³-hybridized carbons (Fsp3) is 0.333.